The maximum atomic E-state index is 11.3. The van der Waals surface area contributed by atoms with Crippen LogP contribution in [0.3, 0.4) is 0 Å². The smallest absolute Gasteiger partial charge is 0.119 e. The van der Waals surface area contributed by atoms with Gasteiger partial charge in [0.05, 0.1) is 0 Å². The van der Waals surface area contributed by atoms with Gasteiger partial charge in [-0.15, -0.1) is 0 Å². The molecule has 0 aliphatic rings. The number of phenols is 2. The van der Waals surface area contributed by atoms with Crippen LogP contribution in [-0.2, 0) is 0 Å². The fourth-order valence-electron chi connectivity index (χ4n) is 7.72. The maximum Gasteiger partial charge on any atom is 0.119 e. The number of hydrogen-bond donors (Lipinski definition) is 2. The summed E-state index contributed by atoms with van der Waals surface area (Å²) in [4.78, 5) is 0. The number of phenolic OH excluding ortho intramolecular Hbond substituents is 2. The van der Waals surface area contributed by atoms with Gasteiger partial charge in [-0.05, 0) is 54.3 Å². The molecule has 2 nitrogen and oxygen atoms in total. The van der Waals surface area contributed by atoms with Gasteiger partial charge in [0.2, 0.25) is 0 Å². The Hall–Kier alpha value is -1.61. The molecule has 0 saturated carbocycles. The highest BCUT2D eigenvalue weighted by atomic mass is 32.2. The topological polar surface area (TPSA) is 40.5 Å². The number of benzene rings is 2. The summed E-state index contributed by atoms with van der Waals surface area (Å²) in [5.74, 6) is 2.27. The molecule has 2 aromatic rings. The van der Waals surface area contributed by atoms with E-state index in [1.807, 2.05) is 18.2 Å². The van der Waals surface area contributed by atoms with Crippen molar-refractivity contribution in [3.05, 3.63) is 59.2 Å². The van der Waals surface area contributed by atoms with E-state index in [9.17, 15) is 10.2 Å². The summed E-state index contributed by atoms with van der Waals surface area (Å²) in [5.41, 5.74) is 3.75. The van der Waals surface area contributed by atoms with Crippen molar-refractivity contribution in [3.63, 3.8) is 0 Å². The molecule has 0 aliphatic carbocycles. The number of rotatable bonds is 35. The largest absolute Gasteiger partial charge is 0.508 e. The number of thioether (sulfide) groups is 1. The van der Waals surface area contributed by atoms with E-state index in [0.717, 1.165) is 18.4 Å². The minimum atomic E-state index is 0.287. The molecule has 51 heavy (non-hydrogen) atoms. The van der Waals surface area contributed by atoms with E-state index >= 15 is 0 Å². The molecule has 2 atom stereocenters. The highest BCUT2D eigenvalue weighted by Gasteiger charge is 2.21. The molecular formula is C48H82O2S. The van der Waals surface area contributed by atoms with Crippen molar-refractivity contribution in [2.75, 3.05) is 5.75 Å². The quantitative estimate of drug-likeness (QED) is 0.0696. The van der Waals surface area contributed by atoms with E-state index < -0.39 is 0 Å². The normalized spacial score (nSPS) is 12.8. The highest BCUT2D eigenvalue weighted by molar-refractivity contribution is 7.99. The number of unbranched alkanes of at least 4 members (excludes halogenated alkanes) is 25. The molecule has 0 spiro atoms. The lowest BCUT2D eigenvalue weighted by Crippen LogP contribution is -2.04. The predicted octanol–water partition coefficient (Wildman–Crippen LogP) is 16.8. The van der Waals surface area contributed by atoms with Crippen LogP contribution in [0.15, 0.2) is 42.5 Å². The third kappa shape index (κ3) is 22.3. The van der Waals surface area contributed by atoms with Gasteiger partial charge in [0.15, 0.2) is 0 Å². The molecule has 0 radical (unpaired) electrons. The lowest BCUT2D eigenvalue weighted by atomic mass is 9.85. The summed E-state index contributed by atoms with van der Waals surface area (Å²) >= 11 is 2.10. The third-order valence-electron chi connectivity index (χ3n) is 11.1. The molecule has 0 aromatic heterocycles. The predicted molar refractivity (Wildman–Crippen MR) is 229 cm³/mol. The molecule has 3 heteroatoms. The fraction of sp³-hybridized carbons (Fsp3) is 0.750. The SMILES string of the molecule is CCCCCCCCCCCCSC(CCCCCCCCCCC)c1cc(C(CCCCCCCCCCC)c2ccc(O)cc2)ccc1O. The Balaban J connectivity index is 2.03. The van der Waals surface area contributed by atoms with Gasteiger partial charge in [-0.3, -0.25) is 0 Å². The Morgan fingerprint density at radius 3 is 1.29 bits per heavy atom. The standard InChI is InChI=1S/C48H82O2S/c1-4-7-10-13-16-19-22-25-28-31-40-51-48(33-30-27-24-21-18-15-12-9-6-3)46-41-43(36-39-47(46)50)45(42-34-37-44(49)38-35-42)32-29-26-23-20-17-14-11-8-5-2/h34-39,41,45,48-50H,4-33,40H2,1-3H3. The summed E-state index contributed by atoms with van der Waals surface area (Å²) in [6.07, 6.45) is 40.2. The van der Waals surface area contributed by atoms with Gasteiger partial charge in [0.25, 0.3) is 0 Å². The van der Waals surface area contributed by atoms with Crippen molar-refractivity contribution in [1.82, 2.24) is 0 Å². The fourth-order valence-corrected chi connectivity index (χ4v) is 9.08. The van der Waals surface area contributed by atoms with Crippen LogP contribution in [0.25, 0.3) is 0 Å². The van der Waals surface area contributed by atoms with Crippen LogP contribution in [0.1, 0.15) is 241 Å². The molecule has 2 aromatic carbocycles. The van der Waals surface area contributed by atoms with E-state index in [-0.39, 0.29) is 5.92 Å². The Labute approximate surface area is 321 Å². The molecule has 0 aliphatic heterocycles. The second-order valence-corrected chi connectivity index (χ2v) is 17.0. The Kier molecular flexibility index (Phi) is 28.5. The molecular weight excluding hydrogens is 641 g/mol. The van der Waals surface area contributed by atoms with Crippen LogP contribution in [-0.4, -0.2) is 16.0 Å². The monoisotopic (exact) mass is 723 g/mol. The molecule has 0 fully saturated rings. The number of hydrogen-bond acceptors (Lipinski definition) is 3. The van der Waals surface area contributed by atoms with Crippen molar-refractivity contribution in [3.8, 4) is 11.5 Å². The molecule has 0 amide bonds. The van der Waals surface area contributed by atoms with Crippen LogP contribution >= 0.6 is 11.8 Å². The molecule has 2 rings (SSSR count). The van der Waals surface area contributed by atoms with Crippen LogP contribution in [0.5, 0.6) is 11.5 Å². The second-order valence-electron chi connectivity index (χ2n) is 15.7. The van der Waals surface area contributed by atoms with E-state index in [1.165, 1.54) is 197 Å². The second kappa shape index (κ2) is 31.9. The zero-order valence-electron chi connectivity index (χ0n) is 33.9. The van der Waals surface area contributed by atoms with Gasteiger partial charge < -0.3 is 10.2 Å². The molecule has 2 unspecified atom stereocenters. The van der Waals surface area contributed by atoms with E-state index in [1.54, 1.807) is 0 Å². The van der Waals surface area contributed by atoms with E-state index in [0.29, 0.717) is 16.7 Å². The van der Waals surface area contributed by atoms with Crippen molar-refractivity contribution >= 4 is 11.8 Å². The highest BCUT2D eigenvalue weighted by Crippen LogP contribution is 2.42. The van der Waals surface area contributed by atoms with Crippen LogP contribution in [0.4, 0.5) is 0 Å². The first-order valence-electron chi connectivity index (χ1n) is 22.3. The van der Waals surface area contributed by atoms with E-state index in [2.05, 4.69) is 56.8 Å². The summed E-state index contributed by atoms with van der Waals surface area (Å²) in [6, 6.07) is 14.4. The Morgan fingerprint density at radius 1 is 0.431 bits per heavy atom. The first-order valence-corrected chi connectivity index (χ1v) is 23.4. The molecule has 292 valence electrons. The molecule has 0 saturated heterocycles. The zero-order chi connectivity index (χ0) is 36.6. The van der Waals surface area contributed by atoms with Crippen molar-refractivity contribution in [2.24, 2.45) is 0 Å². The first kappa shape index (κ1) is 45.5. The van der Waals surface area contributed by atoms with Crippen molar-refractivity contribution < 1.29 is 10.2 Å². The summed E-state index contributed by atoms with van der Waals surface area (Å²) in [7, 11) is 0. The third-order valence-corrected chi connectivity index (χ3v) is 12.5. The molecule has 0 heterocycles. The van der Waals surface area contributed by atoms with Crippen molar-refractivity contribution in [2.45, 2.75) is 225 Å². The maximum absolute atomic E-state index is 11.3. The van der Waals surface area contributed by atoms with Gasteiger partial charge in [0, 0.05) is 16.7 Å². The average molecular weight is 723 g/mol. The van der Waals surface area contributed by atoms with Gasteiger partial charge >= 0.3 is 0 Å². The Morgan fingerprint density at radius 2 is 0.824 bits per heavy atom. The molecule has 2 N–H and O–H groups in total. The van der Waals surface area contributed by atoms with Crippen molar-refractivity contribution in [1.29, 1.82) is 0 Å². The van der Waals surface area contributed by atoms with Crippen LogP contribution in [0, 0.1) is 0 Å². The number of aromatic hydroxyl groups is 2. The summed E-state index contributed by atoms with van der Waals surface area (Å²) < 4.78 is 0. The van der Waals surface area contributed by atoms with E-state index in [4.69, 9.17) is 0 Å². The lowest BCUT2D eigenvalue weighted by molar-refractivity contribution is 0.464. The van der Waals surface area contributed by atoms with Gasteiger partial charge in [0.1, 0.15) is 11.5 Å². The zero-order valence-corrected chi connectivity index (χ0v) is 34.7. The minimum Gasteiger partial charge on any atom is -0.508 e. The first-order chi connectivity index (χ1) is 25.1. The van der Waals surface area contributed by atoms with Crippen LogP contribution < -0.4 is 0 Å². The van der Waals surface area contributed by atoms with Gasteiger partial charge in [-0.2, -0.15) is 11.8 Å². The van der Waals surface area contributed by atoms with Crippen LogP contribution in [0.2, 0.25) is 0 Å². The molecule has 0 bridgehead atoms. The lowest BCUT2D eigenvalue weighted by Gasteiger charge is -2.23. The minimum absolute atomic E-state index is 0.287. The Bertz CT molecular complexity index is 1050. The van der Waals surface area contributed by atoms with Gasteiger partial charge in [-0.25, -0.2) is 0 Å². The summed E-state index contributed by atoms with van der Waals surface area (Å²) in [6.45, 7) is 6.88. The average Bonchev–Trinajstić information content (AvgIpc) is 3.14. The summed E-state index contributed by atoms with van der Waals surface area (Å²) in [5, 5.41) is 21.7. The van der Waals surface area contributed by atoms with Gasteiger partial charge in [-0.1, -0.05) is 218 Å².